The molecule has 2 N–H and O–H groups in total. The minimum absolute atomic E-state index is 0.223. The van der Waals surface area contributed by atoms with E-state index < -0.39 is 5.97 Å². The first kappa shape index (κ1) is 10.5. The van der Waals surface area contributed by atoms with Crippen molar-refractivity contribution in [3.8, 4) is 0 Å². The highest BCUT2D eigenvalue weighted by Crippen LogP contribution is 2.12. The van der Waals surface area contributed by atoms with Crippen molar-refractivity contribution < 1.29 is 9.53 Å². The topological polar surface area (TPSA) is 65.2 Å². The summed E-state index contributed by atoms with van der Waals surface area (Å²) < 4.78 is 4.85. The zero-order valence-electron chi connectivity index (χ0n) is 8.41. The maximum Gasteiger partial charge on any atom is 0.341 e. The fourth-order valence-electron chi connectivity index (χ4n) is 1.08. The van der Waals surface area contributed by atoms with E-state index in [0.29, 0.717) is 12.2 Å². The molecule has 0 radical (unpaired) electrons. The van der Waals surface area contributed by atoms with Gasteiger partial charge in [0.1, 0.15) is 11.4 Å². The molecular formula is C10H14N2O2. The van der Waals surface area contributed by atoms with E-state index in [-0.39, 0.29) is 5.82 Å². The van der Waals surface area contributed by atoms with Crippen molar-refractivity contribution >= 4 is 11.8 Å². The van der Waals surface area contributed by atoms with Gasteiger partial charge in [-0.3, -0.25) is 0 Å². The van der Waals surface area contributed by atoms with Crippen LogP contribution in [-0.4, -0.2) is 17.6 Å². The van der Waals surface area contributed by atoms with E-state index in [0.717, 1.165) is 12.0 Å². The lowest BCUT2D eigenvalue weighted by Crippen LogP contribution is -2.09. The molecule has 1 rings (SSSR count). The van der Waals surface area contributed by atoms with Gasteiger partial charge < -0.3 is 10.5 Å². The van der Waals surface area contributed by atoms with Crippen LogP contribution in [0.15, 0.2) is 12.3 Å². The number of ether oxygens (including phenoxy) is 1. The number of rotatable bonds is 3. The van der Waals surface area contributed by atoms with Gasteiger partial charge in [0.05, 0.1) is 6.61 Å². The number of hydrogen-bond acceptors (Lipinski definition) is 4. The molecule has 0 aliphatic rings. The SMILES string of the molecule is CCOC(=O)c1cc(CC)cnc1N. The van der Waals surface area contributed by atoms with Crippen LogP contribution in [0.5, 0.6) is 0 Å². The van der Waals surface area contributed by atoms with Gasteiger partial charge in [-0.1, -0.05) is 6.92 Å². The number of aryl methyl sites for hydroxylation is 1. The zero-order chi connectivity index (χ0) is 10.6. The van der Waals surface area contributed by atoms with Crippen LogP contribution in [0.2, 0.25) is 0 Å². The molecule has 0 saturated carbocycles. The maximum atomic E-state index is 11.4. The standard InChI is InChI=1S/C10H14N2O2/c1-3-7-5-8(9(11)12-6-7)10(13)14-4-2/h5-6H,3-4H2,1-2H3,(H2,11,12). The lowest BCUT2D eigenvalue weighted by atomic mass is 10.1. The molecule has 0 fully saturated rings. The van der Waals surface area contributed by atoms with E-state index in [2.05, 4.69) is 4.98 Å². The Morgan fingerprint density at radius 2 is 2.29 bits per heavy atom. The first-order valence-electron chi connectivity index (χ1n) is 4.60. The van der Waals surface area contributed by atoms with Gasteiger partial charge in [-0.15, -0.1) is 0 Å². The highest BCUT2D eigenvalue weighted by Gasteiger charge is 2.11. The lowest BCUT2D eigenvalue weighted by molar-refractivity contribution is 0.0527. The van der Waals surface area contributed by atoms with E-state index in [9.17, 15) is 4.79 Å². The Labute approximate surface area is 83.1 Å². The number of carbonyl (C=O) groups excluding carboxylic acids is 1. The zero-order valence-corrected chi connectivity index (χ0v) is 8.41. The summed E-state index contributed by atoms with van der Waals surface area (Å²) in [6, 6.07) is 1.72. The van der Waals surface area contributed by atoms with Crippen LogP contribution in [0.25, 0.3) is 0 Å². The first-order valence-corrected chi connectivity index (χ1v) is 4.60. The fraction of sp³-hybridized carbons (Fsp3) is 0.400. The Kier molecular flexibility index (Phi) is 3.45. The van der Waals surface area contributed by atoms with Crippen molar-refractivity contribution in [2.24, 2.45) is 0 Å². The van der Waals surface area contributed by atoms with Gasteiger partial charge in [-0.25, -0.2) is 9.78 Å². The van der Waals surface area contributed by atoms with Gasteiger partial charge in [0.15, 0.2) is 0 Å². The molecule has 14 heavy (non-hydrogen) atoms. The predicted octanol–water partition coefficient (Wildman–Crippen LogP) is 1.40. The largest absolute Gasteiger partial charge is 0.462 e. The molecule has 76 valence electrons. The molecule has 0 unspecified atom stereocenters. The molecule has 1 aromatic heterocycles. The Morgan fingerprint density at radius 3 is 2.86 bits per heavy atom. The summed E-state index contributed by atoms with van der Waals surface area (Å²) in [6.45, 7) is 4.09. The van der Waals surface area contributed by atoms with E-state index in [1.54, 1.807) is 19.2 Å². The van der Waals surface area contributed by atoms with Crippen LogP contribution < -0.4 is 5.73 Å². The average Bonchev–Trinajstić information content (AvgIpc) is 2.19. The average molecular weight is 194 g/mol. The summed E-state index contributed by atoms with van der Waals surface area (Å²) in [7, 11) is 0. The summed E-state index contributed by atoms with van der Waals surface area (Å²) in [4.78, 5) is 15.3. The molecule has 0 bridgehead atoms. The quantitative estimate of drug-likeness (QED) is 0.739. The molecule has 0 atom stereocenters. The van der Waals surface area contributed by atoms with E-state index in [4.69, 9.17) is 10.5 Å². The number of pyridine rings is 1. The monoisotopic (exact) mass is 194 g/mol. The Bertz CT molecular complexity index is 337. The minimum Gasteiger partial charge on any atom is -0.462 e. The molecule has 0 aliphatic carbocycles. The van der Waals surface area contributed by atoms with E-state index in [1.165, 1.54) is 0 Å². The molecule has 0 spiro atoms. The number of aromatic nitrogens is 1. The van der Waals surface area contributed by atoms with Crippen LogP contribution in [0.4, 0.5) is 5.82 Å². The highest BCUT2D eigenvalue weighted by atomic mass is 16.5. The molecule has 4 nitrogen and oxygen atoms in total. The van der Waals surface area contributed by atoms with Crippen molar-refractivity contribution in [2.45, 2.75) is 20.3 Å². The van der Waals surface area contributed by atoms with Crippen LogP contribution in [0, 0.1) is 0 Å². The smallest absolute Gasteiger partial charge is 0.341 e. The summed E-state index contributed by atoms with van der Waals surface area (Å²) in [5, 5.41) is 0. The lowest BCUT2D eigenvalue weighted by Gasteiger charge is -2.05. The number of hydrogen-bond donors (Lipinski definition) is 1. The van der Waals surface area contributed by atoms with Crippen molar-refractivity contribution in [3.63, 3.8) is 0 Å². The summed E-state index contributed by atoms with van der Waals surface area (Å²) in [5.41, 5.74) is 6.89. The van der Waals surface area contributed by atoms with Gasteiger partial charge in [0, 0.05) is 6.20 Å². The number of esters is 1. The van der Waals surface area contributed by atoms with Gasteiger partial charge >= 0.3 is 5.97 Å². The second kappa shape index (κ2) is 4.60. The second-order valence-electron chi connectivity index (χ2n) is 2.85. The molecule has 0 amide bonds. The van der Waals surface area contributed by atoms with Crippen LogP contribution >= 0.6 is 0 Å². The number of anilines is 1. The molecule has 4 heteroatoms. The molecular weight excluding hydrogens is 180 g/mol. The summed E-state index contributed by atoms with van der Waals surface area (Å²) >= 11 is 0. The van der Waals surface area contributed by atoms with Gasteiger partial charge in [-0.2, -0.15) is 0 Å². The predicted molar refractivity (Wildman–Crippen MR) is 54.0 cm³/mol. The Hall–Kier alpha value is -1.58. The summed E-state index contributed by atoms with van der Waals surface area (Å²) in [6.07, 6.45) is 2.48. The van der Waals surface area contributed by atoms with Gasteiger partial charge in [0.25, 0.3) is 0 Å². The first-order chi connectivity index (χ1) is 6.69. The normalized spacial score (nSPS) is 9.86. The Morgan fingerprint density at radius 1 is 1.57 bits per heavy atom. The van der Waals surface area contributed by atoms with E-state index >= 15 is 0 Å². The molecule has 1 heterocycles. The molecule has 0 saturated heterocycles. The molecule has 1 aromatic rings. The van der Waals surface area contributed by atoms with Gasteiger partial charge in [-0.05, 0) is 25.0 Å². The number of nitrogen functional groups attached to an aromatic ring is 1. The number of carbonyl (C=O) groups is 1. The molecule has 0 aromatic carbocycles. The maximum absolute atomic E-state index is 11.4. The summed E-state index contributed by atoms with van der Waals surface area (Å²) in [5.74, 6) is -0.187. The third-order valence-corrected chi connectivity index (χ3v) is 1.88. The van der Waals surface area contributed by atoms with E-state index in [1.807, 2.05) is 6.92 Å². The highest BCUT2D eigenvalue weighted by molar-refractivity contribution is 5.94. The minimum atomic E-state index is -0.409. The number of nitrogens with zero attached hydrogens (tertiary/aromatic N) is 1. The Balaban J connectivity index is 2.99. The van der Waals surface area contributed by atoms with Crippen molar-refractivity contribution in [3.05, 3.63) is 23.4 Å². The number of nitrogens with two attached hydrogens (primary N) is 1. The van der Waals surface area contributed by atoms with Crippen molar-refractivity contribution in [1.29, 1.82) is 0 Å². The van der Waals surface area contributed by atoms with Crippen molar-refractivity contribution in [1.82, 2.24) is 4.98 Å². The van der Waals surface area contributed by atoms with Crippen LogP contribution in [0.3, 0.4) is 0 Å². The third kappa shape index (κ3) is 2.22. The fourth-order valence-corrected chi connectivity index (χ4v) is 1.08. The second-order valence-corrected chi connectivity index (χ2v) is 2.85. The third-order valence-electron chi connectivity index (χ3n) is 1.88. The van der Waals surface area contributed by atoms with Crippen LogP contribution in [-0.2, 0) is 11.2 Å². The molecule has 0 aliphatic heterocycles. The van der Waals surface area contributed by atoms with Crippen molar-refractivity contribution in [2.75, 3.05) is 12.3 Å². The van der Waals surface area contributed by atoms with Crippen LogP contribution in [0.1, 0.15) is 29.8 Å². The van der Waals surface area contributed by atoms with Gasteiger partial charge in [0.2, 0.25) is 0 Å².